The third kappa shape index (κ3) is 4.00. The minimum atomic E-state index is -3.69. The first-order chi connectivity index (χ1) is 10.3. The fourth-order valence-corrected chi connectivity index (χ4v) is 2.84. The van der Waals surface area contributed by atoms with Crippen LogP contribution in [0.5, 0.6) is 0 Å². The second-order valence-corrected chi connectivity index (χ2v) is 7.21. The Kier molecular flexibility index (Phi) is 5.11. The molecule has 0 aromatic heterocycles. The number of benzene rings is 2. The first kappa shape index (κ1) is 16.8. The molecule has 1 N–H and O–H groups in total. The molecule has 4 nitrogen and oxygen atoms in total. The van der Waals surface area contributed by atoms with Gasteiger partial charge in [0.25, 0.3) is 10.0 Å². The summed E-state index contributed by atoms with van der Waals surface area (Å²) in [6.45, 7) is 3.56. The summed E-state index contributed by atoms with van der Waals surface area (Å²) in [5.74, 6) is 0. The molecule has 0 aliphatic carbocycles. The smallest absolute Gasteiger partial charge is 0.200 e. The molecule has 22 heavy (non-hydrogen) atoms. The maximum atomic E-state index is 12.1. The van der Waals surface area contributed by atoms with Crippen molar-refractivity contribution < 1.29 is 8.42 Å². The summed E-state index contributed by atoms with van der Waals surface area (Å²) in [5, 5.41) is 4.73. The summed E-state index contributed by atoms with van der Waals surface area (Å²) in [5.41, 5.74) is 2.14. The fraction of sp³-hybridized carbons (Fsp3) is 0.133. The highest BCUT2D eigenvalue weighted by molar-refractivity contribution is 7.89. The molecule has 2 aromatic carbocycles. The lowest BCUT2D eigenvalue weighted by Gasteiger charge is -2.06. The lowest BCUT2D eigenvalue weighted by Crippen LogP contribution is -2.19. The molecule has 0 amide bonds. The predicted octanol–water partition coefficient (Wildman–Crippen LogP) is 4.00. The van der Waals surface area contributed by atoms with Crippen molar-refractivity contribution in [1.82, 2.24) is 4.83 Å². The highest BCUT2D eigenvalue weighted by atomic mass is 35.5. The number of nitrogens with one attached hydrogen (secondary N) is 1. The van der Waals surface area contributed by atoms with Crippen LogP contribution in [0.3, 0.4) is 0 Å². The molecule has 0 aliphatic rings. The Labute approximate surface area is 139 Å². The lowest BCUT2D eigenvalue weighted by atomic mass is 10.1. The van der Waals surface area contributed by atoms with Gasteiger partial charge in [-0.3, -0.25) is 0 Å². The van der Waals surface area contributed by atoms with Gasteiger partial charge < -0.3 is 0 Å². The number of aryl methyl sites for hydroxylation is 1. The largest absolute Gasteiger partial charge is 0.276 e. The third-order valence-corrected chi connectivity index (χ3v) is 4.97. The van der Waals surface area contributed by atoms with Gasteiger partial charge in [0, 0.05) is 0 Å². The Bertz CT molecular complexity index is 816. The second kappa shape index (κ2) is 6.69. The van der Waals surface area contributed by atoms with Crippen molar-refractivity contribution in [2.75, 3.05) is 0 Å². The standard InChI is InChI=1S/C15H14Cl2N2O2S/c1-10-3-6-13(7-4-10)22(20,21)19-18-11(2)12-5-8-14(16)15(17)9-12/h3-9,19H,1-2H3/b18-11+. The van der Waals surface area contributed by atoms with Gasteiger partial charge >= 0.3 is 0 Å². The molecule has 0 heterocycles. The van der Waals surface area contributed by atoms with Gasteiger partial charge in [0.2, 0.25) is 0 Å². The zero-order valence-electron chi connectivity index (χ0n) is 12.0. The molecule has 7 heteroatoms. The number of sulfonamides is 1. The van der Waals surface area contributed by atoms with Gasteiger partial charge in [-0.25, -0.2) is 0 Å². The van der Waals surface area contributed by atoms with E-state index < -0.39 is 10.0 Å². The highest BCUT2D eigenvalue weighted by Gasteiger charge is 2.12. The summed E-state index contributed by atoms with van der Waals surface area (Å²) in [7, 11) is -3.69. The quantitative estimate of drug-likeness (QED) is 0.664. The molecule has 0 bridgehead atoms. The topological polar surface area (TPSA) is 58.5 Å². The van der Waals surface area contributed by atoms with E-state index in [1.807, 2.05) is 6.92 Å². The van der Waals surface area contributed by atoms with Crippen molar-refractivity contribution in [2.45, 2.75) is 18.7 Å². The van der Waals surface area contributed by atoms with Crippen molar-refractivity contribution in [3.63, 3.8) is 0 Å². The van der Waals surface area contributed by atoms with Gasteiger partial charge in [-0.2, -0.15) is 18.4 Å². The third-order valence-electron chi connectivity index (χ3n) is 3.00. The van der Waals surface area contributed by atoms with E-state index in [9.17, 15) is 8.42 Å². The van der Waals surface area contributed by atoms with Crippen LogP contribution < -0.4 is 4.83 Å². The van der Waals surface area contributed by atoms with Gasteiger partial charge in [-0.05, 0) is 43.7 Å². The van der Waals surface area contributed by atoms with Crippen LogP contribution in [-0.2, 0) is 10.0 Å². The van der Waals surface area contributed by atoms with Gasteiger partial charge in [0.05, 0.1) is 20.7 Å². The fourth-order valence-electron chi connectivity index (χ4n) is 1.68. The van der Waals surface area contributed by atoms with E-state index in [-0.39, 0.29) is 4.90 Å². The van der Waals surface area contributed by atoms with Gasteiger partial charge in [-0.15, -0.1) is 0 Å². The van der Waals surface area contributed by atoms with Crippen molar-refractivity contribution in [3.8, 4) is 0 Å². The van der Waals surface area contributed by atoms with E-state index in [1.54, 1.807) is 37.3 Å². The summed E-state index contributed by atoms with van der Waals surface area (Å²) >= 11 is 11.8. The number of nitrogens with zero attached hydrogens (tertiary/aromatic N) is 1. The van der Waals surface area contributed by atoms with Crippen LogP contribution in [0.1, 0.15) is 18.1 Å². The summed E-state index contributed by atoms with van der Waals surface area (Å²) in [4.78, 5) is 2.37. The van der Waals surface area contributed by atoms with Crippen LogP contribution in [0.25, 0.3) is 0 Å². The monoisotopic (exact) mass is 356 g/mol. The highest BCUT2D eigenvalue weighted by Crippen LogP contribution is 2.22. The normalized spacial score (nSPS) is 12.3. The van der Waals surface area contributed by atoms with Gasteiger partial charge in [-0.1, -0.05) is 47.0 Å². The molecule has 0 fully saturated rings. The van der Waals surface area contributed by atoms with Crippen molar-refractivity contribution in [3.05, 3.63) is 63.6 Å². The van der Waals surface area contributed by atoms with Crippen molar-refractivity contribution >= 4 is 38.9 Å². The summed E-state index contributed by atoms with van der Waals surface area (Å²) < 4.78 is 24.3. The molecule has 0 atom stereocenters. The summed E-state index contributed by atoms with van der Waals surface area (Å²) in [6.07, 6.45) is 0. The molecule has 0 aliphatic heterocycles. The van der Waals surface area contributed by atoms with Gasteiger partial charge in [0.15, 0.2) is 0 Å². The van der Waals surface area contributed by atoms with Gasteiger partial charge in [0.1, 0.15) is 0 Å². The van der Waals surface area contributed by atoms with Crippen molar-refractivity contribution in [1.29, 1.82) is 0 Å². The first-order valence-corrected chi connectivity index (χ1v) is 8.62. The molecular weight excluding hydrogens is 343 g/mol. The average molecular weight is 357 g/mol. The zero-order chi connectivity index (χ0) is 16.3. The zero-order valence-corrected chi connectivity index (χ0v) is 14.3. The van der Waals surface area contributed by atoms with Crippen LogP contribution in [0.15, 0.2) is 52.5 Å². The van der Waals surface area contributed by atoms with E-state index in [0.717, 1.165) is 5.56 Å². The predicted molar refractivity (Wildman–Crippen MR) is 90.2 cm³/mol. The molecule has 116 valence electrons. The number of hydrogen-bond acceptors (Lipinski definition) is 3. The second-order valence-electron chi connectivity index (χ2n) is 4.73. The Morgan fingerprint density at radius 2 is 1.68 bits per heavy atom. The van der Waals surface area contributed by atoms with E-state index in [0.29, 0.717) is 21.3 Å². The maximum absolute atomic E-state index is 12.1. The van der Waals surface area contributed by atoms with Crippen LogP contribution in [0.4, 0.5) is 0 Å². The molecule has 2 rings (SSSR count). The number of halogens is 2. The number of hydrogen-bond donors (Lipinski definition) is 1. The van der Waals surface area contributed by atoms with Crippen LogP contribution in [0.2, 0.25) is 10.0 Å². The van der Waals surface area contributed by atoms with E-state index in [4.69, 9.17) is 23.2 Å². The SMILES string of the molecule is C/C(=N\NS(=O)(=O)c1ccc(C)cc1)c1ccc(Cl)c(Cl)c1. The molecule has 2 aromatic rings. The molecule has 0 unspecified atom stereocenters. The minimum Gasteiger partial charge on any atom is -0.200 e. The molecule has 0 saturated carbocycles. The average Bonchev–Trinajstić information content (AvgIpc) is 2.48. The molecule has 0 saturated heterocycles. The van der Waals surface area contributed by atoms with Crippen LogP contribution >= 0.6 is 23.2 Å². The Morgan fingerprint density at radius 1 is 1.05 bits per heavy atom. The lowest BCUT2D eigenvalue weighted by molar-refractivity contribution is 0.584. The summed E-state index contributed by atoms with van der Waals surface area (Å²) in [6, 6.07) is 11.5. The Hall–Kier alpha value is -1.56. The minimum absolute atomic E-state index is 0.156. The number of hydrazone groups is 1. The Morgan fingerprint density at radius 3 is 2.27 bits per heavy atom. The first-order valence-electron chi connectivity index (χ1n) is 6.38. The molecule has 0 spiro atoms. The van der Waals surface area contributed by atoms with Crippen LogP contribution in [-0.4, -0.2) is 14.1 Å². The maximum Gasteiger partial charge on any atom is 0.276 e. The molecular formula is C15H14Cl2N2O2S. The van der Waals surface area contributed by atoms with Crippen LogP contribution in [0, 0.1) is 6.92 Å². The van der Waals surface area contributed by atoms with Crippen molar-refractivity contribution in [2.24, 2.45) is 5.10 Å². The number of rotatable bonds is 4. The van der Waals surface area contributed by atoms with E-state index in [2.05, 4.69) is 9.93 Å². The molecule has 0 radical (unpaired) electrons. The van der Waals surface area contributed by atoms with E-state index in [1.165, 1.54) is 12.1 Å². The Balaban J connectivity index is 2.22. The van der Waals surface area contributed by atoms with E-state index >= 15 is 0 Å².